The number of hydrogen-bond donors (Lipinski definition) is 0. The van der Waals surface area contributed by atoms with E-state index >= 15 is 0 Å². The molecule has 0 atom stereocenters. The molecular formula is C10H19P. The molecule has 0 bridgehead atoms. The fourth-order valence-corrected chi connectivity index (χ4v) is 2.03. The first-order valence-corrected chi connectivity index (χ1v) is 5.75. The Morgan fingerprint density at radius 1 is 0.909 bits per heavy atom. The van der Waals surface area contributed by atoms with Crippen LogP contribution in [0.1, 0.15) is 25.7 Å². The van der Waals surface area contributed by atoms with E-state index in [2.05, 4.69) is 13.2 Å². The highest BCUT2D eigenvalue weighted by Crippen LogP contribution is 2.14. The summed E-state index contributed by atoms with van der Waals surface area (Å²) in [5, 5.41) is 0. The van der Waals surface area contributed by atoms with Crippen LogP contribution in [0.5, 0.6) is 0 Å². The first kappa shape index (κ1) is 10.9. The summed E-state index contributed by atoms with van der Waals surface area (Å²) in [5.41, 5.74) is 0. The number of unbranched alkanes of at least 4 members (excludes halogenated alkanes) is 2. The molecule has 11 heavy (non-hydrogen) atoms. The molecule has 0 aromatic rings. The molecule has 0 aliphatic heterocycles. The molecular weight excluding hydrogens is 151 g/mol. The van der Waals surface area contributed by atoms with Crippen LogP contribution >= 0.6 is 8.58 Å². The van der Waals surface area contributed by atoms with Crippen LogP contribution in [0.2, 0.25) is 0 Å². The van der Waals surface area contributed by atoms with Crippen molar-refractivity contribution in [2.75, 3.05) is 12.3 Å². The van der Waals surface area contributed by atoms with Gasteiger partial charge in [-0.25, -0.2) is 0 Å². The van der Waals surface area contributed by atoms with Gasteiger partial charge >= 0.3 is 0 Å². The molecule has 0 heterocycles. The fourth-order valence-electron chi connectivity index (χ4n) is 0.868. The third-order valence-corrected chi connectivity index (χ3v) is 2.94. The highest BCUT2D eigenvalue weighted by atomic mass is 31.1. The maximum Gasteiger partial charge on any atom is -0.0350 e. The van der Waals surface area contributed by atoms with Gasteiger partial charge in [0.05, 0.1) is 0 Å². The van der Waals surface area contributed by atoms with Crippen LogP contribution in [0.25, 0.3) is 0 Å². The summed E-state index contributed by atoms with van der Waals surface area (Å²) in [6.07, 6.45) is 11.8. The molecule has 0 saturated heterocycles. The molecule has 0 nitrogen and oxygen atoms in total. The summed E-state index contributed by atoms with van der Waals surface area (Å²) in [6, 6.07) is 0. The van der Waals surface area contributed by atoms with E-state index in [1.165, 1.54) is 38.0 Å². The topological polar surface area (TPSA) is 0 Å². The Hall–Kier alpha value is -0.0900. The number of rotatable bonds is 8. The van der Waals surface area contributed by atoms with Crippen molar-refractivity contribution in [2.24, 2.45) is 0 Å². The largest absolute Gasteiger partial charge is 0.122 e. The second-order valence-corrected chi connectivity index (χ2v) is 4.11. The van der Waals surface area contributed by atoms with Crippen molar-refractivity contribution in [3.05, 3.63) is 25.3 Å². The van der Waals surface area contributed by atoms with E-state index in [1.54, 1.807) is 0 Å². The zero-order valence-electron chi connectivity index (χ0n) is 7.31. The normalized spacial score (nSPS) is 9.45. The average Bonchev–Trinajstić information content (AvgIpc) is 2.03. The zero-order valence-corrected chi connectivity index (χ0v) is 8.31. The van der Waals surface area contributed by atoms with Crippen molar-refractivity contribution in [1.29, 1.82) is 0 Å². The summed E-state index contributed by atoms with van der Waals surface area (Å²) < 4.78 is 0. The summed E-state index contributed by atoms with van der Waals surface area (Å²) in [7, 11) is 1.16. The summed E-state index contributed by atoms with van der Waals surface area (Å²) in [4.78, 5) is 0. The summed E-state index contributed by atoms with van der Waals surface area (Å²) in [6.45, 7) is 7.40. The number of allylic oxidation sites excluding steroid dienone is 2. The molecule has 0 unspecified atom stereocenters. The number of hydrogen-bond acceptors (Lipinski definition) is 0. The second kappa shape index (κ2) is 9.91. The first-order valence-electron chi connectivity index (χ1n) is 4.34. The minimum Gasteiger partial charge on any atom is -0.122 e. The van der Waals surface area contributed by atoms with Crippen LogP contribution in [0.4, 0.5) is 0 Å². The Balaban J connectivity index is 2.79. The van der Waals surface area contributed by atoms with Gasteiger partial charge < -0.3 is 0 Å². The smallest absolute Gasteiger partial charge is 0.0350 e. The van der Waals surface area contributed by atoms with E-state index in [9.17, 15) is 0 Å². The molecule has 0 radical (unpaired) electrons. The predicted octanol–water partition coefficient (Wildman–Crippen LogP) is 3.60. The molecule has 0 aliphatic carbocycles. The van der Waals surface area contributed by atoms with Gasteiger partial charge in [0.25, 0.3) is 0 Å². The Labute approximate surface area is 72.6 Å². The van der Waals surface area contributed by atoms with Crippen LogP contribution in [-0.2, 0) is 0 Å². The zero-order chi connectivity index (χ0) is 8.36. The Morgan fingerprint density at radius 3 is 1.73 bits per heavy atom. The lowest BCUT2D eigenvalue weighted by Gasteiger charge is -1.97. The van der Waals surface area contributed by atoms with Gasteiger partial charge in [-0.2, -0.15) is 0 Å². The van der Waals surface area contributed by atoms with Crippen molar-refractivity contribution in [1.82, 2.24) is 0 Å². The maximum atomic E-state index is 3.70. The van der Waals surface area contributed by atoms with Gasteiger partial charge in [-0.1, -0.05) is 12.2 Å². The minimum atomic E-state index is 1.16. The van der Waals surface area contributed by atoms with Crippen molar-refractivity contribution in [3.63, 3.8) is 0 Å². The highest BCUT2D eigenvalue weighted by molar-refractivity contribution is 7.37. The lowest BCUT2D eigenvalue weighted by molar-refractivity contribution is 0.946. The van der Waals surface area contributed by atoms with Gasteiger partial charge in [-0.3, -0.25) is 0 Å². The van der Waals surface area contributed by atoms with Gasteiger partial charge in [0.2, 0.25) is 0 Å². The molecule has 0 saturated carbocycles. The summed E-state index contributed by atoms with van der Waals surface area (Å²) in [5.74, 6) is 0. The molecule has 0 spiro atoms. The maximum absolute atomic E-state index is 3.70. The molecule has 0 aliphatic rings. The Morgan fingerprint density at radius 2 is 1.36 bits per heavy atom. The third-order valence-electron chi connectivity index (χ3n) is 1.52. The SMILES string of the molecule is C=CCCCPCCCC=C. The van der Waals surface area contributed by atoms with Crippen LogP contribution in [0.15, 0.2) is 25.3 Å². The van der Waals surface area contributed by atoms with Crippen molar-refractivity contribution < 1.29 is 0 Å². The molecule has 64 valence electrons. The third kappa shape index (κ3) is 9.91. The standard InChI is InChI=1S/C10H19P/c1-3-5-7-9-11-10-8-6-4-2/h3-4,11H,1-2,5-10H2. The van der Waals surface area contributed by atoms with Crippen LogP contribution in [-0.4, -0.2) is 12.3 Å². The van der Waals surface area contributed by atoms with Crippen molar-refractivity contribution >= 4 is 8.58 Å². The van der Waals surface area contributed by atoms with Crippen LogP contribution in [0, 0.1) is 0 Å². The van der Waals surface area contributed by atoms with Gasteiger partial charge in [0, 0.05) is 0 Å². The minimum absolute atomic E-state index is 1.16. The predicted molar refractivity (Wildman–Crippen MR) is 56.9 cm³/mol. The molecule has 0 aromatic heterocycles. The van der Waals surface area contributed by atoms with E-state index in [0.29, 0.717) is 0 Å². The molecule has 0 amide bonds. The highest BCUT2D eigenvalue weighted by Gasteiger charge is 1.86. The second-order valence-electron chi connectivity index (χ2n) is 2.61. The molecule has 0 fully saturated rings. The summed E-state index contributed by atoms with van der Waals surface area (Å²) >= 11 is 0. The van der Waals surface area contributed by atoms with E-state index in [-0.39, 0.29) is 0 Å². The van der Waals surface area contributed by atoms with E-state index in [0.717, 1.165) is 8.58 Å². The van der Waals surface area contributed by atoms with E-state index in [1.807, 2.05) is 12.2 Å². The van der Waals surface area contributed by atoms with Crippen molar-refractivity contribution in [2.45, 2.75) is 25.7 Å². The van der Waals surface area contributed by atoms with Gasteiger partial charge in [0.15, 0.2) is 0 Å². The molecule has 0 rings (SSSR count). The van der Waals surface area contributed by atoms with E-state index in [4.69, 9.17) is 0 Å². The quantitative estimate of drug-likeness (QED) is 0.296. The van der Waals surface area contributed by atoms with E-state index < -0.39 is 0 Å². The Bertz CT molecular complexity index is 85.0. The fraction of sp³-hybridized carbons (Fsp3) is 0.600. The molecule has 0 N–H and O–H groups in total. The van der Waals surface area contributed by atoms with Crippen molar-refractivity contribution in [3.8, 4) is 0 Å². The Kier molecular flexibility index (Phi) is 9.83. The first-order chi connectivity index (χ1) is 5.41. The van der Waals surface area contributed by atoms with Crippen LogP contribution < -0.4 is 0 Å². The van der Waals surface area contributed by atoms with Gasteiger partial charge in [0.1, 0.15) is 0 Å². The molecule has 0 aromatic carbocycles. The molecule has 1 heteroatoms. The van der Waals surface area contributed by atoms with Gasteiger partial charge in [-0.15, -0.1) is 21.7 Å². The lowest BCUT2D eigenvalue weighted by Crippen LogP contribution is -1.79. The van der Waals surface area contributed by atoms with Gasteiger partial charge in [-0.05, 0) is 38.0 Å². The van der Waals surface area contributed by atoms with Crippen LogP contribution in [0.3, 0.4) is 0 Å². The monoisotopic (exact) mass is 170 g/mol. The average molecular weight is 170 g/mol. The lowest BCUT2D eigenvalue weighted by atomic mass is 10.3.